The maximum absolute atomic E-state index is 9.09. The first-order valence-electron chi connectivity index (χ1n) is 5.10. The standard InChI is InChI=1S/C10H16N4O/c11-9-5-12-2-1-10(9)14-4-3-13-8(6-14)7-15/h1-2,5,8,13,15H,3-4,6-7,11H2/t8-/m0/s1. The SMILES string of the molecule is Nc1cnccc1N1CCN[C@H](CO)C1. The summed E-state index contributed by atoms with van der Waals surface area (Å²) in [5.74, 6) is 0. The second-order valence-electron chi connectivity index (χ2n) is 3.71. The first-order chi connectivity index (χ1) is 7.31. The highest BCUT2D eigenvalue weighted by Gasteiger charge is 2.19. The summed E-state index contributed by atoms with van der Waals surface area (Å²) in [5.41, 5.74) is 7.55. The van der Waals surface area contributed by atoms with Crippen molar-refractivity contribution in [2.45, 2.75) is 6.04 Å². The van der Waals surface area contributed by atoms with Gasteiger partial charge in [-0.05, 0) is 6.07 Å². The van der Waals surface area contributed by atoms with E-state index in [1.54, 1.807) is 12.4 Å². The molecule has 0 radical (unpaired) electrons. The van der Waals surface area contributed by atoms with Gasteiger partial charge in [-0.2, -0.15) is 0 Å². The zero-order chi connectivity index (χ0) is 10.7. The van der Waals surface area contributed by atoms with Crippen LogP contribution in [0.3, 0.4) is 0 Å². The number of nitrogens with zero attached hydrogens (tertiary/aromatic N) is 2. The van der Waals surface area contributed by atoms with Crippen LogP contribution in [0, 0.1) is 0 Å². The van der Waals surface area contributed by atoms with Crippen LogP contribution in [0.1, 0.15) is 0 Å². The number of nitrogens with two attached hydrogens (primary N) is 1. The molecule has 5 heteroatoms. The number of piperazine rings is 1. The number of aliphatic hydroxyl groups is 1. The molecule has 2 rings (SSSR count). The highest BCUT2D eigenvalue weighted by atomic mass is 16.3. The molecule has 0 aliphatic carbocycles. The highest BCUT2D eigenvalue weighted by molar-refractivity contribution is 5.66. The van der Waals surface area contributed by atoms with Crippen molar-refractivity contribution in [2.75, 3.05) is 36.9 Å². The lowest BCUT2D eigenvalue weighted by molar-refractivity contribution is 0.236. The van der Waals surface area contributed by atoms with E-state index < -0.39 is 0 Å². The van der Waals surface area contributed by atoms with Gasteiger partial charge in [-0.1, -0.05) is 0 Å². The van der Waals surface area contributed by atoms with Gasteiger partial charge in [0, 0.05) is 31.9 Å². The molecule has 0 spiro atoms. The Balaban J connectivity index is 2.13. The summed E-state index contributed by atoms with van der Waals surface area (Å²) in [6.45, 7) is 2.71. The number of aromatic nitrogens is 1. The van der Waals surface area contributed by atoms with Crippen LogP contribution in [0.4, 0.5) is 11.4 Å². The van der Waals surface area contributed by atoms with Crippen LogP contribution < -0.4 is 16.0 Å². The molecule has 1 atom stereocenters. The molecule has 0 amide bonds. The molecule has 1 aliphatic heterocycles. The lowest BCUT2D eigenvalue weighted by Gasteiger charge is -2.34. The molecular weight excluding hydrogens is 192 g/mol. The fraction of sp³-hybridized carbons (Fsp3) is 0.500. The lowest BCUT2D eigenvalue weighted by Crippen LogP contribution is -2.52. The van der Waals surface area contributed by atoms with E-state index in [0.29, 0.717) is 5.69 Å². The van der Waals surface area contributed by atoms with Crippen molar-refractivity contribution in [2.24, 2.45) is 0 Å². The quantitative estimate of drug-likeness (QED) is 0.607. The summed E-state index contributed by atoms with van der Waals surface area (Å²) in [4.78, 5) is 6.14. The van der Waals surface area contributed by atoms with Crippen LogP contribution in [-0.2, 0) is 0 Å². The fourth-order valence-electron chi connectivity index (χ4n) is 1.85. The van der Waals surface area contributed by atoms with E-state index in [2.05, 4.69) is 15.2 Å². The number of hydrogen-bond donors (Lipinski definition) is 3. The summed E-state index contributed by atoms with van der Waals surface area (Å²) in [6, 6.07) is 2.04. The molecule has 1 saturated heterocycles. The zero-order valence-corrected chi connectivity index (χ0v) is 8.56. The van der Waals surface area contributed by atoms with Gasteiger partial charge >= 0.3 is 0 Å². The van der Waals surface area contributed by atoms with Crippen LogP contribution in [0.2, 0.25) is 0 Å². The predicted octanol–water partition coefficient (Wildman–Crippen LogP) is -0.566. The number of nitrogens with one attached hydrogen (secondary N) is 1. The van der Waals surface area contributed by atoms with Gasteiger partial charge in [-0.15, -0.1) is 0 Å². The zero-order valence-electron chi connectivity index (χ0n) is 8.56. The smallest absolute Gasteiger partial charge is 0.0738 e. The fourth-order valence-corrected chi connectivity index (χ4v) is 1.85. The third-order valence-corrected chi connectivity index (χ3v) is 2.64. The highest BCUT2D eigenvalue weighted by Crippen LogP contribution is 2.22. The summed E-state index contributed by atoms with van der Waals surface area (Å²) in [7, 11) is 0. The van der Waals surface area contributed by atoms with Crippen LogP contribution in [0.25, 0.3) is 0 Å². The molecule has 0 unspecified atom stereocenters. The van der Waals surface area contributed by atoms with Crippen molar-refractivity contribution in [1.29, 1.82) is 0 Å². The average molecular weight is 208 g/mol. The lowest BCUT2D eigenvalue weighted by atomic mass is 10.2. The molecule has 1 aromatic rings. The summed E-state index contributed by atoms with van der Waals surface area (Å²) < 4.78 is 0. The number of anilines is 2. The van der Waals surface area contributed by atoms with Gasteiger partial charge in [0.25, 0.3) is 0 Å². The Morgan fingerprint density at radius 3 is 3.27 bits per heavy atom. The Kier molecular flexibility index (Phi) is 3.03. The maximum Gasteiger partial charge on any atom is 0.0738 e. The topological polar surface area (TPSA) is 74.4 Å². The number of rotatable bonds is 2. The Morgan fingerprint density at radius 2 is 2.53 bits per heavy atom. The third-order valence-electron chi connectivity index (χ3n) is 2.64. The van der Waals surface area contributed by atoms with Crippen molar-refractivity contribution in [3.05, 3.63) is 18.5 Å². The van der Waals surface area contributed by atoms with Crippen molar-refractivity contribution < 1.29 is 5.11 Å². The average Bonchev–Trinajstić information content (AvgIpc) is 2.30. The van der Waals surface area contributed by atoms with Gasteiger partial charge < -0.3 is 21.1 Å². The van der Waals surface area contributed by atoms with Gasteiger partial charge in [0.1, 0.15) is 0 Å². The Hall–Kier alpha value is -1.33. The number of pyridine rings is 1. The Bertz CT molecular complexity index is 331. The minimum atomic E-state index is 0.131. The second-order valence-corrected chi connectivity index (χ2v) is 3.71. The van der Waals surface area contributed by atoms with Crippen molar-refractivity contribution in [3.8, 4) is 0 Å². The van der Waals surface area contributed by atoms with E-state index in [9.17, 15) is 0 Å². The minimum Gasteiger partial charge on any atom is -0.396 e. The molecule has 82 valence electrons. The predicted molar refractivity (Wildman–Crippen MR) is 59.7 cm³/mol. The van der Waals surface area contributed by atoms with Crippen molar-refractivity contribution >= 4 is 11.4 Å². The van der Waals surface area contributed by atoms with Gasteiger partial charge in [0.05, 0.1) is 24.2 Å². The largest absolute Gasteiger partial charge is 0.396 e. The first kappa shape index (κ1) is 10.2. The van der Waals surface area contributed by atoms with E-state index >= 15 is 0 Å². The summed E-state index contributed by atoms with van der Waals surface area (Å²) in [6.07, 6.45) is 3.40. The summed E-state index contributed by atoms with van der Waals surface area (Å²) in [5, 5.41) is 12.3. The van der Waals surface area contributed by atoms with Gasteiger partial charge in [0.15, 0.2) is 0 Å². The minimum absolute atomic E-state index is 0.131. The molecule has 5 nitrogen and oxygen atoms in total. The Labute approximate surface area is 88.9 Å². The van der Waals surface area contributed by atoms with Gasteiger partial charge in [-0.25, -0.2) is 0 Å². The molecule has 15 heavy (non-hydrogen) atoms. The number of aliphatic hydroxyl groups excluding tert-OH is 1. The van der Waals surface area contributed by atoms with Crippen LogP contribution in [-0.4, -0.2) is 42.4 Å². The molecule has 2 heterocycles. The maximum atomic E-state index is 9.09. The van der Waals surface area contributed by atoms with Crippen LogP contribution in [0.5, 0.6) is 0 Å². The van der Waals surface area contributed by atoms with E-state index in [4.69, 9.17) is 10.8 Å². The molecule has 1 aliphatic rings. The van der Waals surface area contributed by atoms with E-state index in [1.165, 1.54) is 0 Å². The Morgan fingerprint density at radius 1 is 1.67 bits per heavy atom. The molecule has 0 saturated carbocycles. The van der Waals surface area contributed by atoms with E-state index in [-0.39, 0.29) is 12.6 Å². The van der Waals surface area contributed by atoms with Gasteiger partial charge in [-0.3, -0.25) is 4.98 Å². The third kappa shape index (κ3) is 2.19. The summed E-state index contributed by atoms with van der Waals surface area (Å²) >= 11 is 0. The number of nitrogen functional groups attached to an aromatic ring is 1. The molecule has 1 fully saturated rings. The molecule has 0 aromatic carbocycles. The second kappa shape index (κ2) is 4.46. The van der Waals surface area contributed by atoms with E-state index in [1.807, 2.05) is 6.07 Å². The van der Waals surface area contributed by atoms with E-state index in [0.717, 1.165) is 25.3 Å². The molecule has 0 bridgehead atoms. The van der Waals surface area contributed by atoms with Crippen molar-refractivity contribution in [1.82, 2.24) is 10.3 Å². The monoisotopic (exact) mass is 208 g/mol. The number of hydrogen-bond acceptors (Lipinski definition) is 5. The van der Waals surface area contributed by atoms with Gasteiger partial charge in [0.2, 0.25) is 0 Å². The molecule has 1 aromatic heterocycles. The molecule has 4 N–H and O–H groups in total. The molecular formula is C10H16N4O. The normalized spacial score (nSPS) is 21.7. The van der Waals surface area contributed by atoms with Crippen LogP contribution >= 0.6 is 0 Å². The van der Waals surface area contributed by atoms with Crippen molar-refractivity contribution in [3.63, 3.8) is 0 Å². The first-order valence-corrected chi connectivity index (χ1v) is 5.10. The van der Waals surface area contributed by atoms with Crippen LogP contribution in [0.15, 0.2) is 18.5 Å².